The normalized spacial score (nSPS) is 31.1. The maximum atomic E-state index is 10.4. The second-order valence-electron chi connectivity index (χ2n) is 7.57. The molecule has 150 valence electrons. The number of benzene rings is 1. The Kier molecular flexibility index (Phi) is 4.36. The first-order chi connectivity index (χ1) is 14.3. The van der Waals surface area contributed by atoms with Crippen LogP contribution in [-0.4, -0.2) is 18.8 Å². The van der Waals surface area contributed by atoms with E-state index in [1.807, 2.05) is 18.4 Å². The van der Waals surface area contributed by atoms with E-state index in [1.54, 1.807) is 38.3 Å². The summed E-state index contributed by atoms with van der Waals surface area (Å²) in [5.74, 6) is -2.06. The highest BCUT2D eigenvalue weighted by atomic mass is 32.1. The van der Waals surface area contributed by atoms with Crippen LogP contribution in [0.15, 0.2) is 35.7 Å². The smallest absolute Gasteiger partial charge is 0.218 e. The number of hydrogen-bond acceptors (Lipinski definition) is 8. The van der Waals surface area contributed by atoms with E-state index in [0.29, 0.717) is 16.2 Å². The predicted molar refractivity (Wildman–Crippen MR) is 108 cm³/mol. The molecule has 4 atom stereocenters. The molecule has 2 bridgehead atoms. The number of nitrogens with one attached hydrogen (secondary N) is 1. The minimum Gasteiger partial charge on any atom is -0.497 e. The highest BCUT2D eigenvalue weighted by Gasteiger charge is 2.80. The molecule has 2 fully saturated rings. The van der Waals surface area contributed by atoms with Gasteiger partial charge < -0.3 is 14.2 Å². The summed E-state index contributed by atoms with van der Waals surface area (Å²) in [5, 5.41) is 41.4. The van der Waals surface area contributed by atoms with E-state index < -0.39 is 34.5 Å². The molecule has 4 unspecified atom stereocenters. The van der Waals surface area contributed by atoms with E-state index in [4.69, 9.17) is 19.6 Å². The number of ether oxygens (including phenoxy) is 3. The van der Waals surface area contributed by atoms with Gasteiger partial charge in [-0.2, -0.15) is 15.8 Å². The average Bonchev–Trinajstić information content (AvgIpc) is 3.25. The van der Waals surface area contributed by atoms with Gasteiger partial charge in [-0.15, -0.1) is 11.3 Å². The van der Waals surface area contributed by atoms with Gasteiger partial charge in [0.05, 0.1) is 31.2 Å². The predicted octanol–water partition coefficient (Wildman–Crippen LogP) is 4.19. The van der Waals surface area contributed by atoms with Crippen LogP contribution in [0.2, 0.25) is 0 Å². The number of fused-ring (bicyclic) bond motifs is 2. The summed E-state index contributed by atoms with van der Waals surface area (Å²) in [5.41, 5.74) is -2.35. The molecule has 2 saturated heterocycles. The zero-order valence-electron chi connectivity index (χ0n) is 16.6. The number of rotatable bonds is 3. The first-order valence-electron chi connectivity index (χ1n) is 9.21. The Balaban J connectivity index is 2.02. The van der Waals surface area contributed by atoms with Crippen molar-refractivity contribution in [3.8, 4) is 24.0 Å². The van der Waals surface area contributed by atoms with Crippen molar-refractivity contribution >= 4 is 17.2 Å². The number of methoxy groups -OCH3 is 1. The first-order valence-corrected chi connectivity index (χ1v) is 10.1. The fourth-order valence-corrected chi connectivity index (χ4v) is 5.69. The largest absolute Gasteiger partial charge is 0.497 e. The fourth-order valence-electron chi connectivity index (χ4n) is 4.67. The molecule has 4 rings (SSSR count). The molecular formula is C22H18N4O3S. The van der Waals surface area contributed by atoms with Crippen LogP contribution >= 0.6 is 11.3 Å². The van der Waals surface area contributed by atoms with Crippen molar-refractivity contribution < 1.29 is 14.2 Å². The molecule has 3 heterocycles. The Hall–Kier alpha value is -3.38. The van der Waals surface area contributed by atoms with Gasteiger partial charge in [0, 0.05) is 11.8 Å². The molecule has 0 radical (unpaired) electrons. The maximum absolute atomic E-state index is 10.4. The van der Waals surface area contributed by atoms with Crippen molar-refractivity contribution in [2.24, 2.45) is 10.8 Å². The van der Waals surface area contributed by atoms with Gasteiger partial charge in [0.1, 0.15) is 11.9 Å². The van der Waals surface area contributed by atoms with Crippen LogP contribution in [0.3, 0.4) is 0 Å². The SMILES string of the molecule is COc1ccc(C2C3(C)OC(=N)C2(C#N)C(C#N)(C#N)C(c2sccc2C)O3)cc1. The van der Waals surface area contributed by atoms with E-state index in [2.05, 4.69) is 18.2 Å². The van der Waals surface area contributed by atoms with E-state index >= 15 is 0 Å². The molecule has 1 aromatic heterocycles. The van der Waals surface area contributed by atoms with E-state index in [0.717, 1.165) is 5.56 Å². The Bertz CT molecular complexity index is 1140. The third-order valence-electron chi connectivity index (χ3n) is 6.11. The van der Waals surface area contributed by atoms with Crippen LogP contribution < -0.4 is 4.74 Å². The lowest BCUT2D eigenvalue weighted by Gasteiger charge is -2.48. The molecule has 8 heteroatoms. The van der Waals surface area contributed by atoms with Gasteiger partial charge in [0.25, 0.3) is 0 Å². The Morgan fingerprint density at radius 2 is 1.77 bits per heavy atom. The molecule has 1 N–H and O–H groups in total. The van der Waals surface area contributed by atoms with Crippen LogP contribution in [0.25, 0.3) is 0 Å². The van der Waals surface area contributed by atoms with Crippen molar-refractivity contribution in [3.63, 3.8) is 0 Å². The quantitative estimate of drug-likeness (QED) is 0.797. The minimum atomic E-state index is -1.98. The van der Waals surface area contributed by atoms with Crippen LogP contribution in [0.5, 0.6) is 5.75 Å². The first kappa shape index (κ1) is 19.9. The number of nitrogens with zero attached hydrogens (tertiary/aromatic N) is 3. The number of hydrogen-bond donors (Lipinski definition) is 1. The van der Waals surface area contributed by atoms with Gasteiger partial charge in [-0.25, -0.2) is 0 Å². The monoisotopic (exact) mass is 418 g/mol. The van der Waals surface area contributed by atoms with Gasteiger partial charge in [0.2, 0.25) is 17.1 Å². The van der Waals surface area contributed by atoms with Gasteiger partial charge >= 0.3 is 0 Å². The standard InChI is InChI=1S/C22H18N4O3S/c1-13-8-9-30-16(13)18-21(10-23,11-24)22(12-25)17(20(2,28-18)29-19(22)26)14-4-6-15(27-3)7-5-14/h4-9,17-18,26H,1-3H3. The van der Waals surface area contributed by atoms with Crippen LogP contribution in [-0.2, 0) is 9.47 Å². The van der Waals surface area contributed by atoms with Crippen LogP contribution in [0, 0.1) is 57.2 Å². The van der Waals surface area contributed by atoms with E-state index in [1.165, 1.54) is 11.3 Å². The Morgan fingerprint density at radius 1 is 1.10 bits per heavy atom. The molecular weight excluding hydrogens is 400 g/mol. The lowest BCUT2D eigenvalue weighted by atomic mass is 9.53. The van der Waals surface area contributed by atoms with Crippen molar-refractivity contribution in [3.05, 3.63) is 51.7 Å². The summed E-state index contributed by atoms with van der Waals surface area (Å²) < 4.78 is 17.4. The molecule has 0 amide bonds. The molecule has 0 spiro atoms. The summed E-state index contributed by atoms with van der Waals surface area (Å²) in [7, 11) is 1.55. The Labute approximate surface area is 178 Å². The van der Waals surface area contributed by atoms with Gasteiger partial charge in [-0.3, -0.25) is 5.41 Å². The van der Waals surface area contributed by atoms with Crippen molar-refractivity contribution in [2.45, 2.75) is 31.7 Å². The average molecular weight is 418 g/mol. The summed E-state index contributed by atoms with van der Waals surface area (Å²) in [6.07, 6.45) is -1.03. The van der Waals surface area contributed by atoms with E-state index in [9.17, 15) is 15.8 Å². The van der Waals surface area contributed by atoms with Crippen molar-refractivity contribution in [2.75, 3.05) is 7.11 Å². The highest BCUT2D eigenvalue weighted by Crippen LogP contribution is 2.69. The summed E-state index contributed by atoms with van der Waals surface area (Å²) >= 11 is 1.35. The minimum absolute atomic E-state index is 0.423. The third-order valence-corrected chi connectivity index (χ3v) is 7.17. The summed E-state index contributed by atoms with van der Waals surface area (Å²) in [6, 6.07) is 15.1. The molecule has 2 aliphatic rings. The second-order valence-corrected chi connectivity index (χ2v) is 8.52. The van der Waals surface area contributed by atoms with E-state index in [-0.39, 0.29) is 0 Å². The lowest BCUT2D eigenvalue weighted by Crippen LogP contribution is -2.57. The van der Waals surface area contributed by atoms with Crippen molar-refractivity contribution in [1.82, 2.24) is 0 Å². The lowest BCUT2D eigenvalue weighted by molar-refractivity contribution is -0.252. The van der Waals surface area contributed by atoms with Gasteiger partial charge in [0.15, 0.2) is 5.41 Å². The summed E-state index contributed by atoms with van der Waals surface area (Å²) in [6.45, 7) is 3.52. The van der Waals surface area contributed by atoms with Crippen molar-refractivity contribution in [1.29, 1.82) is 21.2 Å². The zero-order chi connectivity index (χ0) is 21.7. The fraction of sp³-hybridized carbons (Fsp3) is 0.364. The molecule has 2 aliphatic heterocycles. The summed E-state index contributed by atoms with van der Waals surface area (Å²) in [4.78, 5) is 0.676. The molecule has 0 saturated carbocycles. The maximum Gasteiger partial charge on any atom is 0.218 e. The van der Waals surface area contributed by atoms with Gasteiger partial charge in [-0.1, -0.05) is 12.1 Å². The topological polar surface area (TPSA) is 123 Å². The van der Waals surface area contributed by atoms with Gasteiger partial charge in [-0.05, 0) is 41.6 Å². The molecule has 1 aromatic carbocycles. The Morgan fingerprint density at radius 3 is 2.27 bits per heavy atom. The van der Waals surface area contributed by atoms with Crippen LogP contribution in [0.1, 0.15) is 34.9 Å². The molecule has 2 aromatic rings. The zero-order valence-corrected chi connectivity index (χ0v) is 17.4. The third kappa shape index (κ3) is 2.22. The molecule has 30 heavy (non-hydrogen) atoms. The highest BCUT2D eigenvalue weighted by molar-refractivity contribution is 7.10. The number of nitriles is 3. The van der Waals surface area contributed by atoms with Crippen LogP contribution in [0.4, 0.5) is 0 Å². The second kappa shape index (κ2) is 6.57. The molecule has 0 aliphatic carbocycles. The molecule has 7 nitrogen and oxygen atoms in total. The number of thiophene rings is 1. The number of aryl methyl sites for hydroxylation is 1.